The first-order valence-corrected chi connectivity index (χ1v) is 20.0. The van der Waals surface area contributed by atoms with Gasteiger partial charge in [-0.2, -0.15) is 0 Å². The van der Waals surface area contributed by atoms with Gasteiger partial charge in [-0.25, -0.2) is 0 Å². The second kappa shape index (κ2) is 30.2. The summed E-state index contributed by atoms with van der Waals surface area (Å²) < 4.78 is 11.5. The van der Waals surface area contributed by atoms with Crippen molar-refractivity contribution in [1.82, 2.24) is 4.90 Å². The Hall–Kier alpha value is -1.10. The minimum absolute atomic E-state index is 0.00105. The van der Waals surface area contributed by atoms with E-state index >= 15 is 0 Å². The van der Waals surface area contributed by atoms with Gasteiger partial charge in [0.15, 0.2) is 0 Å². The van der Waals surface area contributed by atoms with Crippen LogP contribution in [0.15, 0.2) is 0 Å². The van der Waals surface area contributed by atoms with Gasteiger partial charge in [0.05, 0.1) is 19.1 Å². The van der Waals surface area contributed by atoms with Crippen molar-refractivity contribution < 1.29 is 19.1 Å². The summed E-state index contributed by atoms with van der Waals surface area (Å²) in [4.78, 5) is 27.3. The Kier molecular flexibility index (Phi) is 28.2. The maximum absolute atomic E-state index is 12.7. The number of unbranched alkanes of at least 4 members (excludes halogenated alkanes) is 15. The average Bonchev–Trinajstić information content (AvgIpc) is 3.04. The highest BCUT2D eigenvalue weighted by molar-refractivity contribution is 5.72. The summed E-state index contributed by atoms with van der Waals surface area (Å²) in [5, 5.41) is 0. The van der Waals surface area contributed by atoms with Gasteiger partial charge in [-0.1, -0.05) is 149 Å². The van der Waals surface area contributed by atoms with Gasteiger partial charge in [-0.15, -0.1) is 0 Å². The number of likely N-dealkylation sites (tertiary alicyclic amines) is 1. The number of ether oxygens (including phenoxy) is 2. The van der Waals surface area contributed by atoms with Crippen LogP contribution in [0.25, 0.3) is 0 Å². The first-order valence-electron chi connectivity index (χ1n) is 20.0. The summed E-state index contributed by atoms with van der Waals surface area (Å²) >= 11 is 0. The Morgan fingerprint density at radius 2 is 1.02 bits per heavy atom. The SMILES string of the molecule is CCCCCCCCCC(CCCCCCCCC(=O)OCCC(CCCCC)CCCCC)COC(=O)C1CCN(C)CC1. The zero-order valence-corrected chi connectivity index (χ0v) is 30.7. The summed E-state index contributed by atoms with van der Waals surface area (Å²) in [5.74, 6) is 1.37. The maximum atomic E-state index is 12.7. The normalized spacial score (nSPS) is 15.0. The fourth-order valence-electron chi connectivity index (χ4n) is 6.88. The number of rotatable bonds is 31. The number of esters is 2. The Morgan fingerprint density at radius 3 is 1.58 bits per heavy atom. The molecule has 1 aliphatic rings. The average molecular weight is 636 g/mol. The van der Waals surface area contributed by atoms with Gasteiger partial charge in [-0.05, 0) is 70.5 Å². The second-order valence-corrected chi connectivity index (χ2v) is 14.5. The van der Waals surface area contributed by atoms with Crippen LogP contribution in [0.4, 0.5) is 0 Å². The minimum Gasteiger partial charge on any atom is -0.466 e. The van der Waals surface area contributed by atoms with Crippen molar-refractivity contribution in [3.63, 3.8) is 0 Å². The third-order valence-electron chi connectivity index (χ3n) is 10.2. The molecule has 0 bridgehead atoms. The van der Waals surface area contributed by atoms with E-state index in [-0.39, 0.29) is 17.9 Å². The van der Waals surface area contributed by atoms with Crippen molar-refractivity contribution in [2.45, 2.75) is 194 Å². The Bertz CT molecular complexity index is 665. The van der Waals surface area contributed by atoms with Crippen LogP contribution < -0.4 is 0 Å². The van der Waals surface area contributed by atoms with Gasteiger partial charge in [0.1, 0.15) is 0 Å². The van der Waals surface area contributed by atoms with Crippen LogP contribution in [-0.2, 0) is 19.1 Å². The van der Waals surface area contributed by atoms with E-state index in [9.17, 15) is 9.59 Å². The van der Waals surface area contributed by atoms with Gasteiger partial charge in [-0.3, -0.25) is 9.59 Å². The standard InChI is InChI=1S/C40H77NO4/c1-5-8-11-12-13-16-21-26-37(35-45-40(43)38-29-32-41(4)33-30-38)27-22-17-14-15-18-23-28-39(42)44-34-31-36(24-19-9-6-2)25-20-10-7-3/h36-38H,5-35H2,1-4H3. The lowest BCUT2D eigenvalue weighted by atomic mass is 9.92. The van der Waals surface area contributed by atoms with Crippen molar-refractivity contribution in [2.75, 3.05) is 33.4 Å². The van der Waals surface area contributed by atoms with E-state index in [0.717, 1.165) is 51.1 Å². The number of carbonyl (C=O) groups excluding carboxylic acids is 2. The molecule has 1 rings (SSSR count). The number of carbonyl (C=O) groups is 2. The molecule has 1 aliphatic heterocycles. The molecule has 266 valence electrons. The topological polar surface area (TPSA) is 55.8 Å². The molecule has 1 fully saturated rings. The fourth-order valence-corrected chi connectivity index (χ4v) is 6.88. The summed E-state index contributed by atoms with van der Waals surface area (Å²) in [7, 11) is 2.13. The zero-order chi connectivity index (χ0) is 32.8. The quantitative estimate of drug-likeness (QED) is 0.0560. The smallest absolute Gasteiger partial charge is 0.309 e. The molecule has 1 atom stereocenters. The van der Waals surface area contributed by atoms with E-state index in [1.54, 1.807) is 0 Å². The van der Waals surface area contributed by atoms with Crippen LogP contribution in [0.3, 0.4) is 0 Å². The molecule has 0 aromatic carbocycles. The van der Waals surface area contributed by atoms with Gasteiger partial charge in [0.25, 0.3) is 0 Å². The predicted molar refractivity (Wildman–Crippen MR) is 192 cm³/mol. The van der Waals surface area contributed by atoms with E-state index in [1.165, 1.54) is 135 Å². The van der Waals surface area contributed by atoms with E-state index < -0.39 is 0 Å². The monoisotopic (exact) mass is 636 g/mol. The van der Waals surface area contributed by atoms with Crippen LogP contribution in [0, 0.1) is 17.8 Å². The molecule has 0 saturated carbocycles. The molecule has 1 saturated heterocycles. The third-order valence-corrected chi connectivity index (χ3v) is 10.2. The lowest BCUT2D eigenvalue weighted by molar-refractivity contribution is -0.151. The van der Waals surface area contributed by atoms with E-state index in [1.807, 2.05) is 0 Å². The van der Waals surface area contributed by atoms with Crippen LogP contribution in [0.2, 0.25) is 0 Å². The molecule has 0 aromatic rings. The molecule has 1 unspecified atom stereocenters. The fraction of sp³-hybridized carbons (Fsp3) is 0.950. The highest BCUT2D eigenvalue weighted by atomic mass is 16.5. The van der Waals surface area contributed by atoms with E-state index in [4.69, 9.17) is 9.47 Å². The number of piperidine rings is 1. The molecule has 5 nitrogen and oxygen atoms in total. The Labute approximate surface area is 280 Å². The molecule has 0 N–H and O–H groups in total. The summed E-state index contributed by atoms with van der Waals surface area (Å²) in [6.45, 7) is 10.0. The molecule has 0 radical (unpaired) electrons. The molecule has 45 heavy (non-hydrogen) atoms. The largest absolute Gasteiger partial charge is 0.466 e. The molecule has 0 amide bonds. The zero-order valence-electron chi connectivity index (χ0n) is 30.7. The van der Waals surface area contributed by atoms with Crippen molar-refractivity contribution in [2.24, 2.45) is 17.8 Å². The predicted octanol–water partition coefficient (Wildman–Crippen LogP) is 11.5. The molecular formula is C40H77NO4. The van der Waals surface area contributed by atoms with Crippen LogP contribution in [0.1, 0.15) is 194 Å². The minimum atomic E-state index is -0.00105. The van der Waals surface area contributed by atoms with E-state index in [0.29, 0.717) is 25.6 Å². The lowest BCUT2D eigenvalue weighted by Gasteiger charge is -2.28. The first-order chi connectivity index (χ1) is 22.0. The molecular weight excluding hydrogens is 558 g/mol. The Morgan fingerprint density at radius 1 is 0.578 bits per heavy atom. The third kappa shape index (κ3) is 24.7. The summed E-state index contributed by atoms with van der Waals surface area (Å²) in [6, 6.07) is 0. The highest BCUT2D eigenvalue weighted by Gasteiger charge is 2.25. The van der Waals surface area contributed by atoms with Gasteiger partial charge in [0, 0.05) is 6.42 Å². The molecule has 5 heteroatoms. The van der Waals surface area contributed by atoms with Gasteiger partial charge >= 0.3 is 11.9 Å². The lowest BCUT2D eigenvalue weighted by Crippen LogP contribution is -2.34. The molecule has 0 aliphatic carbocycles. The van der Waals surface area contributed by atoms with Gasteiger partial charge < -0.3 is 14.4 Å². The van der Waals surface area contributed by atoms with E-state index in [2.05, 4.69) is 32.7 Å². The van der Waals surface area contributed by atoms with Crippen molar-refractivity contribution in [3.8, 4) is 0 Å². The van der Waals surface area contributed by atoms with Crippen molar-refractivity contribution in [3.05, 3.63) is 0 Å². The van der Waals surface area contributed by atoms with Crippen LogP contribution >= 0.6 is 0 Å². The van der Waals surface area contributed by atoms with Crippen LogP contribution in [-0.4, -0.2) is 50.2 Å². The molecule has 0 aromatic heterocycles. The summed E-state index contributed by atoms with van der Waals surface area (Å²) in [5.41, 5.74) is 0. The Balaban J connectivity index is 2.20. The number of hydrogen-bond acceptors (Lipinski definition) is 5. The second-order valence-electron chi connectivity index (χ2n) is 14.5. The van der Waals surface area contributed by atoms with Crippen LogP contribution in [0.5, 0.6) is 0 Å². The highest BCUT2D eigenvalue weighted by Crippen LogP contribution is 2.23. The summed E-state index contributed by atoms with van der Waals surface area (Å²) in [6.07, 6.45) is 32.5. The first kappa shape index (κ1) is 41.9. The number of nitrogens with zero attached hydrogens (tertiary/aromatic N) is 1. The molecule has 1 heterocycles. The molecule has 0 spiro atoms. The van der Waals surface area contributed by atoms with Crippen molar-refractivity contribution >= 4 is 11.9 Å². The van der Waals surface area contributed by atoms with Gasteiger partial charge in [0.2, 0.25) is 0 Å². The van der Waals surface area contributed by atoms with Crippen molar-refractivity contribution in [1.29, 1.82) is 0 Å². The maximum Gasteiger partial charge on any atom is 0.309 e. The number of hydrogen-bond donors (Lipinski definition) is 0.